The number of piperidine rings is 3. The van der Waals surface area contributed by atoms with Crippen LogP contribution in [0, 0.1) is 17.8 Å². The molecule has 3 heterocycles. The summed E-state index contributed by atoms with van der Waals surface area (Å²) in [5.74, 6) is -6.81. The SMILES string of the molecule is CCCON1C(C)(C)CC(C(C(=O)[O-])N(CC(=O)[O-])C(C(=O)[O-])(C2CC(C)(C)N(OCCC)C(C)(C)C2)C2CC(C)(C)N(OCCC)C(C)(C)C2)CC1(C)C. The van der Waals surface area contributed by atoms with Gasteiger partial charge in [0.05, 0.1) is 49.3 Å². The third-order valence-electron chi connectivity index (χ3n) is 12.4. The predicted molar refractivity (Wildman–Crippen MR) is 205 cm³/mol. The minimum atomic E-state index is -2.09. The number of rotatable bonds is 18. The van der Waals surface area contributed by atoms with Gasteiger partial charge >= 0.3 is 0 Å². The summed E-state index contributed by atoms with van der Waals surface area (Å²) in [6, 6.07) is -1.61. The smallest absolute Gasteiger partial charge is 0.0683 e. The summed E-state index contributed by atoms with van der Waals surface area (Å²) in [5.41, 5.74) is -6.38. The van der Waals surface area contributed by atoms with E-state index >= 15 is 0 Å². The van der Waals surface area contributed by atoms with E-state index in [9.17, 15) is 29.7 Å². The molecule has 13 heteroatoms. The predicted octanol–water partition coefficient (Wildman–Crippen LogP) is 3.48. The molecule has 0 spiro atoms. The first-order valence-corrected chi connectivity index (χ1v) is 20.8. The Morgan fingerprint density at radius 2 is 0.873 bits per heavy atom. The van der Waals surface area contributed by atoms with Gasteiger partial charge in [-0.25, -0.2) is 0 Å². The minimum Gasteiger partial charge on any atom is -0.549 e. The van der Waals surface area contributed by atoms with Crippen LogP contribution in [0.15, 0.2) is 0 Å². The second kappa shape index (κ2) is 17.2. The van der Waals surface area contributed by atoms with Crippen LogP contribution in [0.4, 0.5) is 0 Å². The van der Waals surface area contributed by atoms with E-state index in [-0.39, 0.29) is 38.5 Å². The van der Waals surface area contributed by atoms with Crippen LogP contribution in [0.1, 0.15) is 162 Å². The Hall–Kier alpha value is -1.87. The van der Waals surface area contributed by atoms with E-state index in [1.807, 2.05) is 119 Å². The largest absolute Gasteiger partial charge is 0.549 e. The maximum atomic E-state index is 14.7. The van der Waals surface area contributed by atoms with Crippen LogP contribution in [-0.4, -0.2) is 109 Å². The number of carboxylic acid groups (broad SMARTS) is 3. The molecule has 3 fully saturated rings. The first-order chi connectivity index (χ1) is 25.1. The van der Waals surface area contributed by atoms with Crippen LogP contribution in [0.5, 0.6) is 0 Å². The summed E-state index contributed by atoms with van der Waals surface area (Å²) in [6.45, 7) is 30.5. The monoisotopic (exact) mass is 780 g/mol. The van der Waals surface area contributed by atoms with Crippen molar-refractivity contribution < 1.29 is 44.2 Å². The van der Waals surface area contributed by atoms with Crippen molar-refractivity contribution in [2.24, 2.45) is 17.8 Å². The summed E-state index contributed by atoms with van der Waals surface area (Å²) in [5, 5.41) is 47.5. The number of carbonyl (C=O) groups is 3. The van der Waals surface area contributed by atoms with Crippen LogP contribution in [-0.2, 0) is 28.9 Å². The molecule has 3 aliphatic heterocycles. The molecule has 1 unspecified atom stereocenters. The van der Waals surface area contributed by atoms with Gasteiger partial charge in [-0.3, -0.25) is 19.4 Å². The van der Waals surface area contributed by atoms with E-state index in [2.05, 4.69) is 0 Å². The Bertz CT molecular complexity index is 1240. The summed E-state index contributed by atoms with van der Waals surface area (Å²) in [7, 11) is 0. The van der Waals surface area contributed by atoms with Crippen molar-refractivity contribution in [1.29, 1.82) is 0 Å². The van der Waals surface area contributed by atoms with Gasteiger partial charge in [0.15, 0.2) is 0 Å². The second-order valence-corrected chi connectivity index (χ2v) is 20.5. The van der Waals surface area contributed by atoms with Crippen molar-refractivity contribution in [2.75, 3.05) is 26.4 Å². The fraction of sp³-hybridized carbons (Fsp3) is 0.929. The van der Waals surface area contributed by atoms with Gasteiger partial charge in [0, 0.05) is 39.8 Å². The maximum Gasteiger partial charge on any atom is 0.0683 e. The molecular formula is C42H75N4O9-3. The quantitative estimate of drug-likeness (QED) is 0.199. The molecule has 0 radical (unpaired) electrons. The summed E-state index contributed by atoms with van der Waals surface area (Å²) in [4.78, 5) is 61.9. The van der Waals surface area contributed by atoms with Crippen LogP contribution < -0.4 is 15.3 Å². The molecule has 3 rings (SSSR count). The molecule has 3 saturated heterocycles. The Kier molecular flexibility index (Phi) is 14.8. The van der Waals surface area contributed by atoms with Gasteiger partial charge in [0.2, 0.25) is 0 Å². The Balaban J connectivity index is 2.42. The molecule has 55 heavy (non-hydrogen) atoms. The van der Waals surface area contributed by atoms with E-state index in [0.29, 0.717) is 19.8 Å². The molecule has 13 nitrogen and oxygen atoms in total. The molecule has 3 aliphatic rings. The van der Waals surface area contributed by atoms with E-state index in [1.54, 1.807) is 0 Å². The van der Waals surface area contributed by atoms with Crippen LogP contribution in [0.2, 0.25) is 0 Å². The van der Waals surface area contributed by atoms with Gasteiger partial charge in [-0.15, -0.1) is 0 Å². The van der Waals surface area contributed by atoms with Gasteiger partial charge < -0.3 is 29.7 Å². The van der Waals surface area contributed by atoms with Crippen molar-refractivity contribution in [3.8, 4) is 0 Å². The topological polar surface area (TPSA) is 161 Å². The highest BCUT2D eigenvalue weighted by Gasteiger charge is 2.64. The van der Waals surface area contributed by atoms with Crippen molar-refractivity contribution in [1.82, 2.24) is 20.1 Å². The van der Waals surface area contributed by atoms with Crippen molar-refractivity contribution in [3.63, 3.8) is 0 Å². The Labute approximate surface area is 332 Å². The molecule has 0 bridgehead atoms. The lowest BCUT2D eigenvalue weighted by Crippen LogP contribution is -2.79. The van der Waals surface area contributed by atoms with Crippen LogP contribution in [0.3, 0.4) is 0 Å². The molecule has 0 aliphatic carbocycles. The van der Waals surface area contributed by atoms with E-state index < -0.39 is 87.0 Å². The third-order valence-corrected chi connectivity index (χ3v) is 12.4. The van der Waals surface area contributed by atoms with Crippen molar-refractivity contribution >= 4 is 17.9 Å². The average molecular weight is 780 g/mol. The molecule has 0 aromatic rings. The van der Waals surface area contributed by atoms with Gasteiger partial charge in [-0.1, -0.05) is 20.8 Å². The number of hydroxylamine groups is 6. The van der Waals surface area contributed by atoms with Crippen LogP contribution in [0.25, 0.3) is 0 Å². The highest BCUT2D eigenvalue weighted by molar-refractivity contribution is 5.82. The van der Waals surface area contributed by atoms with Gasteiger partial charge in [-0.05, 0) is 159 Å². The maximum absolute atomic E-state index is 14.7. The number of carboxylic acids is 3. The zero-order valence-corrected chi connectivity index (χ0v) is 37.0. The number of hydrogen-bond acceptors (Lipinski definition) is 13. The third kappa shape index (κ3) is 9.71. The first-order valence-electron chi connectivity index (χ1n) is 20.8. The van der Waals surface area contributed by atoms with Crippen molar-refractivity contribution in [2.45, 2.75) is 206 Å². The van der Waals surface area contributed by atoms with E-state index in [1.165, 1.54) is 4.90 Å². The van der Waals surface area contributed by atoms with E-state index in [4.69, 9.17) is 14.5 Å². The number of nitrogens with zero attached hydrogens (tertiary/aromatic N) is 4. The second-order valence-electron chi connectivity index (χ2n) is 20.5. The molecule has 0 aromatic carbocycles. The molecule has 0 amide bonds. The van der Waals surface area contributed by atoms with Gasteiger partial charge in [-0.2, -0.15) is 15.2 Å². The minimum absolute atomic E-state index is 0.269. The first kappa shape index (κ1) is 47.5. The zero-order valence-electron chi connectivity index (χ0n) is 37.0. The lowest BCUT2D eigenvalue weighted by Gasteiger charge is -2.67. The molecule has 0 N–H and O–H groups in total. The molecule has 320 valence electrons. The Morgan fingerprint density at radius 3 is 1.11 bits per heavy atom. The normalized spacial score (nSPS) is 25.5. The van der Waals surface area contributed by atoms with Gasteiger partial charge in [0.25, 0.3) is 0 Å². The molecule has 1 atom stereocenters. The lowest BCUT2D eigenvalue weighted by molar-refractivity contribution is -0.352. The molecule has 0 saturated carbocycles. The Morgan fingerprint density at radius 1 is 0.582 bits per heavy atom. The summed E-state index contributed by atoms with van der Waals surface area (Å²) >= 11 is 0. The number of carbonyl (C=O) groups excluding carboxylic acids is 3. The highest BCUT2D eigenvalue weighted by atomic mass is 16.7. The van der Waals surface area contributed by atoms with Gasteiger partial charge in [0.1, 0.15) is 0 Å². The van der Waals surface area contributed by atoms with Crippen LogP contribution >= 0.6 is 0 Å². The summed E-state index contributed by atoms with van der Waals surface area (Å²) in [6.07, 6.45) is 3.98. The number of aliphatic carboxylic acids is 3. The fourth-order valence-electron chi connectivity index (χ4n) is 11.7. The fourth-order valence-corrected chi connectivity index (χ4v) is 11.7. The van der Waals surface area contributed by atoms with Crippen molar-refractivity contribution in [3.05, 3.63) is 0 Å². The summed E-state index contributed by atoms with van der Waals surface area (Å²) < 4.78 is 0. The molecule has 0 aromatic heterocycles. The number of hydrogen-bond donors (Lipinski definition) is 0. The zero-order chi connectivity index (χ0) is 42.2. The van der Waals surface area contributed by atoms with E-state index in [0.717, 1.165) is 19.3 Å². The highest BCUT2D eigenvalue weighted by Crippen LogP contribution is 2.56. The average Bonchev–Trinajstić information content (AvgIpc) is 2.97. The standard InChI is InChI=1S/C42H78N4O9/c1-16-19-53-44-36(4,5)22-29(23-37(44,6)7)33(34(49)50)43(28-32(47)48)42(35(51)52,30-24-38(8,9)45(54-20-17-2)39(10,11)25-30)31-26-40(12,13)46(55-21-18-3)41(14,15)27-31/h29-31,33H,16-28H2,1-15H3,(H,47,48)(H,49,50)(H,51,52)/p-3. The molecular weight excluding hydrogens is 704 g/mol. The lowest BCUT2D eigenvalue weighted by atomic mass is 9.56.